The van der Waals surface area contributed by atoms with Crippen LogP contribution in [0, 0.1) is 0 Å². The minimum Gasteiger partial charge on any atom is -0.354 e. The third-order valence-electron chi connectivity index (χ3n) is 2.04. The first-order valence-corrected chi connectivity index (χ1v) is 5.54. The van der Waals surface area contributed by atoms with E-state index >= 15 is 0 Å². The first kappa shape index (κ1) is 11.9. The van der Waals surface area contributed by atoms with Gasteiger partial charge in [0.15, 0.2) is 0 Å². The van der Waals surface area contributed by atoms with E-state index in [0.29, 0.717) is 17.8 Å². The second kappa shape index (κ2) is 5.05. The van der Waals surface area contributed by atoms with E-state index in [2.05, 4.69) is 48.0 Å². The summed E-state index contributed by atoms with van der Waals surface area (Å²) in [6.07, 6.45) is 0. The van der Waals surface area contributed by atoms with E-state index in [1.807, 2.05) is 6.92 Å². The molecule has 1 heterocycles. The van der Waals surface area contributed by atoms with Crippen LogP contribution in [-0.2, 0) is 0 Å². The number of nitrogens with one attached hydrogen (secondary N) is 1. The number of hydrogen-bond donors (Lipinski definition) is 1. The smallest absolute Gasteiger partial charge is 0.226 e. The van der Waals surface area contributed by atoms with Crippen LogP contribution in [0.15, 0.2) is 0 Å². The third-order valence-corrected chi connectivity index (χ3v) is 2.04. The quantitative estimate of drug-likeness (QED) is 0.826. The monoisotopic (exact) mass is 208 g/mol. The molecule has 0 amide bonds. The van der Waals surface area contributed by atoms with Gasteiger partial charge in [0, 0.05) is 18.4 Å². The lowest BCUT2D eigenvalue weighted by atomic mass is 10.2. The number of aromatic nitrogens is 3. The third kappa shape index (κ3) is 3.15. The Morgan fingerprint density at radius 2 is 1.40 bits per heavy atom. The van der Waals surface area contributed by atoms with Gasteiger partial charge in [-0.25, -0.2) is 4.98 Å². The molecule has 4 heteroatoms. The van der Waals surface area contributed by atoms with Gasteiger partial charge in [-0.1, -0.05) is 27.7 Å². The highest BCUT2D eigenvalue weighted by molar-refractivity contribution is 5.25. The topological polar surface area (TPSA) is 50.7 Å². The summed E-state index contributed by atoms with van der Waals surface area (Å²) in [6, 6.07) is 0. The Hall–Kier alpha value is -1.19. The zero-order valence-corrected chi connectivity index (χ0v) is 10.2. The highest BCUT2D eigenvalue weighted by atomic mass is 15.2. The number of rotatable bonds is 4. The summed E-state index contributed by atoms with van der Waals surface area (Å²) in [5, 5.41) is 3.14. The Kier molecular flexibility index (Phi) is 4.00. The van der Waals surface area contributed by atoms with Gasteiger partial charge in [0.1, 0.15) is 11.6 Å². The van der Waals surface area contributed by atoms with Crippen molar-refractivity contribution >= 4 is 5.95 Å². The Balaban J connectivity index is 3.08. The van der Waals surface area contributed by atoms with Crippen LogP contribution in [-0.4, -0.2) is 21.5 Å². The fourth-order valence-corrected chi connectivity index (χ4v) is 1.16. The van der Waals surface area contributed by atoms with E-state index in [1.54, 1.807) is 0 Å². The molecule has 0 saturated carbocycles. The van der Waals surface area contributed by atoms with Crippen molar-refractivity contribution in [2.75, 3.05) is 11.9 Å². The molecular weight excluding hydrogens is 188 g/mol. The molecule has 1 rings (SSSR count). The normalized spacial score (nSPS) is 11.1. The Labute approximate surface area is 91.6 Å². The van der Waals surface area contributed by atoms with Gasteiger partial charge >= 0.3 is 0 Å². The molecule has 15 heavy (non-hydrogen) atoms. The van der Waals surface area contributed by atoms with Gasteiger partial charge < -0.3 is 5.32 Å². The fraction of sp³-hybridized carbons (Fsp3) is 0.727. The highest BCUT2D eigenvalue weighted by Crippen LogP contribution is 2.15. The van der Waals surface area contributed by atoms with Crippen molar-refractivity contribution in [3.63, 3.8) is 0 Å². The van der Waals surface area contributed by atoms with Crippen LogP contribution >= 0.6 is 0 Å². The summed E-state index contributed by atoms with van der Waals surface area (Å²) in [6.45, 7) is 11.2. The summed E-state index contributed by atoms with van der Waals surface area (Å²) >= 11 is 0. The molecule has 0 saturated heterocycles. The molecule has 0 aromatic carbocycles. The number of nitrogens with zero attached hydrogens (tertiary/aromatic N) is 3. The maximum Gasteiger partial charge on any atom is 0.226 e. The van der Waals surface area contributed by atoms with Gasteiger partial charge in [-0.15, -0.1) is 0 Å². The molecule has 84 valence electrons. The van der Waals surface area contributed by atoms with Crippen LogP contribution in [0.5, 0.6) is 0 Å². The fourth-order valence-electron chi connectivity index (χ4n) is 1.16. The van der Waals surface area contributed by atoms with Crippen LogP contribution < -0.4 is 5.32 Å². The van der Waals surface area contributed by atoms with Crippen molar-refractivity contribution in [2.24, 2.45) is 0 Å². The van der Waals surface area contributed by atoms with Gasteiger partial charge in [-0.2, -0.15) is 9.97 Å². The second-order valence-corrected chi connectivity index (χ2v) is 4.22. The van der Waals surface area contributed by atoms with Gasteiger partial charge in [0.25, 0.3) is 0 Å². The summed E-state index contributed by atoms with van der Waals surface area (Å²) in [5.74, 6) is 3.10. The van der Waals surface area contributed by atoms with E-state index < -0.39 is 0 Å². The SMILES string of the molecule is CCNc1nc(C(C)C)nc(C(C)C)n1. The van der Waals surface area contributed by atoms with Crippen LogP contribution in [0.3, 0.4) is 0 Å². The van der Waals surface area contributed by atoms with Gasteiger partial charge in [0.05, 0.1) is 0 Å². The minimum atomic E-state index is 0.336. The molecule has 0 bridgehead atoms. The summed E-state index contributed by atoms with van der Waals surface area (Å²) < 4.78 is 0. The van der Waals surface area contributed by atoms with Crippen molar-refractivity contribution < 1.29 is 0 Å². The lowest BCUT2D eigenvalue weighted by molar-refractivity contribution is 0.696. The molecule has 1 aromatic rings. The molecule has 0 spiro atoms. The Bertz CT molecular complexity index is 294. The molecule has 0 aliphatic rings. The van der Waals surface area contributed by atoms with E-state index in [1.165, 1.54) is 0 Å². The zero-order valence-electron chi connectivity index (χ0n) is 10.2. The number of anilines is 1. The Morgan fingerprint density at radius 3 is 1.73 bits per heavy atom. The van der Waals surface area contributed by atoms with Crippen molar-refractivity contribution in [2.45, 2.75) is 46.5 Å². The van der Waals surface area contributed by atoms with Crippen molar-refractivity contribution in [3.8, 4) is 0 Å². The zero-order chi connectivity index (χ0) is 11.4. The summed E-state index contributed by atoms with van der Waals surface area (Å²) in [5.41, 5.74) is 0. The molecule has 0 aliphatic carbocycles. The maximum absolute atomic E-state index is 4.45. The molecule has 0 unspecified atom stereocenters. The molecule has 0 atom stereocenters. The van der Waals surface area contributed by atoms with E-state index in [9.17, 15) is 0 Å². The average Bonchev–Trinajstić information content (AvgIpc) is 2.17. The molecule has 0 aliphatic heterocycles. The van der Waals surface area contributed by atoms with E-state index in [0.717, 1.165) is 18.2 Å². The molecule has 1 N–H and O–H groups in total. The molecule has 4 nitrogen and oxygen atoms in total. The standard InChI is InChI=1S/C11H20N4/c1-6-12-11-14-9(7(2)3)13-10(15-11)8(4)5/h7-8H,6H2,1-5H3,(H,12,13,14,15). The van der Waals surface area contributed by atoms with Crippen LogP contribution in [0.25, 0.3) is 0 Å². The average molecular weight is 208 g/mol. The van der Waals surface area contributed by atoms with Crippen LogP contribution in [0.2, 0.25) is 0 Å². The van der Waals surface area contributed by atoms with Gasteiger partial charge in [0.2, 0.25) is 5.95 Å². The first-order chi connectivity index (χ1) is 7.04. The molecule has 0 radical (unpaired) electrons. The van der Waals surface area contributed by atoms with Crippen molar-refractivity contribution in [3.05, 3.63) is 11.6 Å². The largest absolute Gasteiger partial charge is 0.354 e. The lowest BCUT2D eigenvalue weighted by Gasteiger charge is -2.11. The molecule has 0 fully saturated rings. The van der Waals surface area contributed by atoms with E-state index in [-0.39, 0.29) is 0 Å². The maximum atomic E-state index is 4.45. The lowest BCUT2D eigenvalue weighted by Crippen LogP contribution is -2.11. The highest BCUT2D eigenvalue weighted by Gasteiger charge is 2.11. The number of hydrogen-bond acceptors (Lipinski definition) is 4. The van der Waals surface area contributed by atoms with Gasteiger partial charge in [-0.3, -0.25) is 0 Å². The van der Waals surface area contributed by atoms with Gasteiger partial charge in [-0.05, 0) is 6.92 Å². The van der Waals surface area contributed by atoms with Crippen molar-refractivity contribution in [1.82, 2.24) is 15.0 Å². The minimum absolute atomic E-state index is 0.336. The first-order valence-electron chi connectivity index (χ1n) is 5.54. The van der Waals surface area contributed by atoms with Crippen molar-refractivity contribution in [1.29, 1.82) is 0 Å². The summed E-state index contributed by atoms with van der Waals surface area (Å²) in [4.78, 5) is 13.2. The summed E-state index contributed by atoms with van der Waals surface area (Å²) in [7, 11) is 0. The van der Waals surface area contributed by atoms with Crippen LogP contribution in [0.1, 0.15) is 58.1 Å². The predicted octanol–water partition coefficient (Wildman–Crippen LogP) is 2.55. The Morgan fingerprint density at radius 1 is 0.933 bits per heavy atom. The molecule has 1 aromatic heterocycles. The predicted molar refractivity (Wildman–Crippen MR) is 62.2 cm³/mol. The molecular formula is C11H20N4. The van der Waals surface area contributed by atoms with E-state index in [4.69, 9.17) is 0 Å². The second-order valence-electron chi connectivity index (χ2n) is 4.22. The van der Waals surface area contributed by atoms with Crippen LogP contribution in [0.4, 0.5) is 5.95 Å².